The molecule has 0 fully saturated rings. The Morgan fingerprint density at radius 2 is 2.07 bits per heavy atom. The fourth-order valence-corrected chi connectivity index (χ4v) is 1.41. The summed E-state index contributed by atoms with van der Waals surface area (Å²) in [7, 11) is -1.74. The van der Waals surface area contributed by atoms with E-state index in [4.69, 9.17) is 15.2 Å². The zero-order valence-corrected chi connectivity index (χ0v) is 7.77. The van der Waals surface area contributed by atoms with Gasteiger partial charge in [-0.2, -0.15) is 0 Å². The normalized spacial score (nSPS) is 9.93. The molecule has 0 radical (unpaired) electrons. The molecule has 1 aromatic rings. The van der Waals surface area contributed by atoms with Crippen LogP contribution in [0.1, 0.15) is 22.8 Å². The SMILES string of the molecule is CCc1cccc(C(=O)O)c1B(O)O. The smallest absolute Gasteiger partial charge is 0.478 e. The van der Waals surface area contributed by atoms with E-state index < -0.39 is 13.1 Å². The lowest BCUT2D eigenvalue weighted by atomic mass is 9.73. The molecule has 14 heavy (non-hydrogen) atoms. The number of rotatable bonds is 3. The van der Waals surface area contributed by atoms with Crippen LogP contribution in [0.25, 0.3) is 0 Å². The predicted molar refractivity (Wildman–Crippen MR) is 52.6 cm³/mol. The third kappa shape index (κ3) is 1.94. The monoisotopic (exact) mass is 194 g/mol. The molecule has 0 unspecified atom stereocenters. The van der Waals surface area contributed by atoms with Crippen LogP contribution >= 0.6 is 0 Å². The number of aryl methyl sites for hydroxylation is 1. The Morgan fingerprint density at radius 3 is 2.50 bits per heavy atom. The largest absolute Gasteiger partial charge is 0.489 e. The van der Waals surface area contributed by atoms with Crippen molar-refractivity contribution in [3.63, 3.8) is 0 Å². The second-order valence-corrected chi connectivity index (χ2v) is 2.91. The van der Waals surface area contributed by atoms with Crippen LogP contribution in [0.5, 0.6) is 0 Å². The summed E-state index contributed by atoms with van der Waals surface area (Å²) in [5.74, 6) is -1.15. The Balaban J connectivity index is 3.35. The minimum atomic E-state index is -1.74. The van der Waals surface area contributed by atoms with E-state index in [1.54, 1.807) is 12.1 Å². The van der Waals surface area contributed by atoms with Gasteiger partial charge in [-0.15, -0.1) is 0 Å². The maximum Gasteiger partial charge on any atom is 0.489 e. The maximum absolute atomic E-state index is 10.8. The van der Waals surface area contributed by atoms with Gasteiger partial charge in [0.05, 0.1) is 5.56 Å². The maximum atomic E-state index is 10.8. The average Bonchev–Trinajstić information content (AvgIpc) is 2.16. The molecule has 4 nitrogen and oxygen atoms in total. The van der Waals surface area contributed by atoms with Gasteiger partial charge >= 0.3 is 13.1 Å². The van der Waals surface area contributed by atoms with Crippen molar-refractivity contribution in [2.75, 3.05) is 0 Å². The summed E-state index contributed by atoms with van der Waals surface area (Å²) in [5.41, 5.74) is 0.668. The van der Waals surface area contributed by atoms with E-state index in [1.165, 1.54) is 6.07 Å². The summed E-state index contributed by atoms with van der Waals surface area (Å²) in [6.07, 6.45) is 0.564. The van der Waals surface area contributed by atoms with Crippen LogP contribution in [-0.2, 0) is 6.42 Å². The fourth-order valence-electron chi connectivity index (χ4n) is 1.41. The predicted octanol–water partition coefficient (Wildman–Crippen LogP) is -0.373. The van der Waals surface area contributed by atoms with Crippen molar-refractivity contribution in [3.8, 4) is 0 Å². The van der Waals surface area contributed by atoms with Gasteiger partial charge in [0, 0.05) is 0 Å². The quantitative estimate of drug-likeness (QED) is 0.573. The van der Waals surface area contributed by atoms with E-state index in [1.807, 2.05) is 6.92 Å². The fraction of sp³-hybridized carbons (Fsp3) is 0.222. The highest BCUT2D eigenvalue weighted by molar-refractivity contribution is 6.60. The highest BCUT2D eigenvalue weighted by Gasteiger charge is 2.22. The molecule has 5 heteroatoms. The first-order chi connectivity index (χ1) is 6.57. The van der Waals surface area contributed by atoms with E-state index in [2.05, 4.69) is 0 Å². The molecule has 0 heterocycles. The van der Waals surface area contributed by atoms with Crippen LogP contribution in [0.15, 0.2) is 18.2 Å². The summed E-state index contributed by atoms with van der Waals surface area (Å²) >= 11 is 0. The Hall–Kier alpha value is -1.33. The first-order valence-corrected chi connectivity index (χ1v) is 4.29. The number of carboxylic acid groups (broad SMARTS) is 1. The average molecular weight is 194 g/mol. The summed E-state index contributed by atoms with van der Waals surface area (Å²) in [6.45, 7) is 1.83. The zero-order chi connectivity index (χ0) is 10.7. The second-order valence-electron chi connectivity index (χ2n) is 2.91. The Kier molecular flexibility index (Phi) is 3.27. The van der Waals surface area contributed by atoms with Crippen molar-refractivity contribution in [1.29, 1.82) is 0 Å². The topological polar surface area (TPSA) is 77.8 Å². The van der Waals surface area contributed by atoms with Gasteiger partial charge in [-0.25, -0.2) is 4.79 Å². The van der Waals surface area contributed by atoms with Crippen LogP contribution < -0.4 is 5.46 Å². The van der Waals surface area contributed by atoms with Gasteiger partial charge in [0.25, 0.3) is 0 Å². The lowest BCUT2D eigenvalue weighted by molar-refractivity contribution is 0.0697. The molecular formula is C9H11BO4. The van der Waals surface area contributed by atoms with Crippen molar-refractivity contribution < 1.29 is 19.9 Å². The number of carbonyl (C=O) groups is 1. The van der Waals surface area contributed by atoms with E-state index in [0.717, 1.165) is 0 Å². The molecule has 0 aromatic heterocycles. The third-order valence-corrected chi connectivity index (χ3v) is 2.07. The van der Waals surface area contributed by atoms with Crippen molar-refractivity contribution >= 4 is 18.6 Å². The zero-order valence-electron chi connectivity index (χ0n) is 7.77. The Labute approximate surface area is 82.0 Å². The van der Waals surface area contributed by atoms with E-state index in [0.29, 0.717) is 12.0 Å². The lowest BCUT2D eigenvalue weighted by Crippen LogP contribution is -2.37. The number of aromatic carboxylic acids is 1. The number of hydrogen-bond acceptors (Lipinski definition) is 3. The molecule has 0 aliphatic heterocycles. The Bertz CT molecular complexity index is 349. The minimum Gasteiger partial charge on any atom is -0.478 e. The van der Waals surface area contributed by atoms with Crippen molar-refractivity contribution in [3.05, 3.63) is 29.3 Å². The van der Waals surface area contributed by atoms with Gasteiger partial charge in [0.1, 0.15) is 0 Å². The molecule has 0 saturated carbocycles. The first-order valence-electron chi connectivity index (χ1n) is 4.29. The lowest BCUT2D eigenvalue weighted by Gasteiger charge is -2.09. The molecule has 1 rings (SSSR count). The molecule has 0 saturated heterocycles. The van der Waals surface area contributed by atoms with Gasteiger partial charge in [-0.05, 0) is 23.5 Å². The third-order valence-electron chi connectivity index (χ3n) is 2.07. The first kappa shape index (κ1) is 10.8. The van der Waals surface area contributed by atoms with E-state index >= 15 is 0 Å². The minimum absolute atomic E-state index is 0.0562. The molecule has 0 bridgehead atoms. The molecule has 0 aliphatic rings. The number of carboxylic acids is 1. The highest BCUT2D eigenvalue weighted by Crippen LogP contribution is 2.04. The van der Waals surface area contributed by atoms with Crippen LogP contribution in [0.2, 0.25) is 0 Å². The van der Waals surface area contributed by atoms with Crippen LogP contribution in [0, 0.1) is 0 Å². The summed E-state index contributed by atoms with van der Waals surface area (Å²) in [5, 5.41) is 26.9. The highest BCUT2D eigenvalue weighted by atomic mass is 16.4. The van der Waals surface area contributed by atoms with Gasteiger partial charge in [-0.3, -0.25) is 0 Å². The van der Waals surface area contributed by atoms with Crippen molar-refractivity contribution in [2.24, 2.45) is 0 Å². The summed E-state index contributed by atoms with van der Waals surface area (Å²) < 4.78 is 0. The standard InChI is InChI=1S/C9H11BO4/c1-2-6-4-3-5-7(9(11)12)8(6)10(13)14/h3-5,13-14H,2H2,1H3,(H,11,12). The molecule has 3 N–H and O–H groups in total. The van der Waals surface area contributed by atoms with Gasteiger partial charge in [-0.1, -0.05) is 19.1 Å². The van der Waals surface area contributed by atoms with Gasteiger partial charge in [0.2, 0.25) is 0 Å². The van der Waals surface area contributed by atoms with Gasteiger partial charge < -0.3 is 15.2 Å². The Morgan fingerprint density at radius 1 is 1.43 bits per heavy atom. The molecular weight excluding hydrogens is 183 g/mol. The van der Waals surface area contributed by atoms with Crippen molar-refractivity contribution in [2.45, 2.75) is 13.3 Å². The molecule has 1 aromatic carbocycles. The summed E-state index contributed by atoms with van der Waals surface area (Å²) in [6, 6.07) is 4.63. The number of hydrogen-bond donors (Lipinski definition) is 3. The van der Waals surface area contributed by atoms with Crippen molar-refractivity contribution in [1.82, 2.24) is 0 Å². The summed E-state index contributed by atoms with van der Waals surface area (Å²) in [4.78, 5) is 10.8. The number of benzene rings is 1. The molecule has 0 atom stereocenters. The van der Waals surface area contributed by atoms with Crippen LogP contribution in [0.4, 0.5) is 0 Å². The van der Waals surface area contributed by atoms with E-state index in [-0.39, 0.29) is 11.0 Å². The van der Waals surface area contributed by atoms with Crippen LogP contribution in [-0.4, -0.2) is 28.2 Å². The molecule has 0 aliphatic carbocycles. The second kappa shape index (κ2) is 4.26. The molecule has 74 valence electrons. The van der Waals surface area contributed by atoms with Gasteiger partial charge in [0.15, 0.2) is 0 Å². The van der Waals surface area contributed by atoms with Crippen LogP contribution in [0.3, 0.4) is 0 Å². The van der Waals surface area contributed by atoms with E-state index in [9.17, 15) is 4.79 Å². The molecule has 0 amide bonds. The molecule has 0 spiro atoms.